The van der Waals surface area contributed by atoms with E-state index in [0.717, 1.165) is 12.0 Å². The first-order chi connectivity index (χ1) is 9.79. The summed E-state index contributed by atoms with van der Waals surface area (Å²) >= 11 is 3.24. The van der Waals surface area contributed by atoms with Crippen molar-refractivity contribution in [3.8, 4) is 0 Å². The molecule has 0 aliphatic heterocycles. The minimum Gasteiger partial charge on any atom is -0.327 e. The van der Waals surface area contributed by atoms with E-state index in [9.17, 15) is 17.6 Å². The van der Waals surface area contributed by atoms with E-state index in [4.69, 9.17) is 5.73 Å². The van der Waals surface area contributed by atoms with Crippen molar-refractivity contribution >= 4 is 15.9 Å². The van der Waals surface area contributed by atoms with Gasteiger partial charge in [-0.2, -0.15) is 13.2 Å². The van der Waals surface area contributed by atoms with E-state index in [1.165, 1.54) is 12.1 Å². The van der Waals surface area contributed by atoms with Gasteiger partial charge in [-0.3, -0.25) is 0 Å². The van der Waals surface area contributed by atoms with E-state index < -0.39 is 24.1 Å². The average Bonchev–Trinajstić information content (AvgIpc) is 2.41. The highest BCUT2D eigenvalue weighted by molar-refractivity contribution is 9.10. The molecule has 2 rings (SSSR count). The Morgan fingerprint density at radius 3 is 2.52 bits per heavy atom. The summed E-state index contributed by atoms with van der Waals surface area (Å²) in [5.74, 6) is -2.26. The van der Waals surface area contributed by atoms with Gasteiger partial charge in [-0.05, 0) is 42.9 Å². The van der Waals surface area contributed by atoms with Crippen LogP contribution >= 0.6 is 15.9 Å². The minimum absolute atomic E-state index is 0.159. The summed E-state index contributed by atoms with van der Waals surface area (Å²) < 4.78 is 52.9. The molecular formula is C15H18BrF4N. The van der Waals surface area contributed by atoms with Crippen LogP contribution in [0.3, 0.4) is 0 Å². The van der Waals surface area contributed by atoms with E-state index in [1.54, 1.807) is 6.07 Å². The van der Waals surface area contributed by atoms with Gasteiger partial charge >= 0.3 is 6.18 Å². The van der Waals surface area contributed by atoms with Crippen molar-refractivity contribution in [2.45, 2.75) is 44.3 Å². The molecule has 0 saturated heterocycles. The summed E-state index contributed by atoms with van der Waals surface area (Å²) in [5, 5.41) is 0. The molecule has 0 radical (unpaired) electrons. The first-order valence-corrected chi connectivity index (χ1v) is 7.84. The number of hydrogen-bond donors (Lipinski definition) is 1. The molecule has 0 amide bonds. The van der Waals surface area contributed by atoms with Gasteiger partial charge in [0, 0.05) is 10.5 Å². The van der Waals surface area contributed by atoms with Crippen LogP contribution in [0.2, 0.25) is 0 Å². The Balaban J connectivity index is 2.12. The summed E-state index contributed by atoms with van der Waals surface area (Å²) in [5.41, 5.74) is 6.81. The van der Waals surface area contributed by atoms with Crippen molar-refractivity contribution in [2.75, 3.05) is 0 Å². The summed E-state index contributed by atoms with van der Waals surface area (Å²) in [6, 6.07) is 3.61. The maximum atomic E-state index is 13.1. The van der Waals surface area contributed by atoms with Crippen LogP contribution in [0, 0.1) is 17.7 Å². The van der Waals surface area contributed by atoms with Crippen molar-refractivity contribution in [2.24, 2.45) is 17.6 Å². The topological polar surface area (TPSA) is 26.0 Å². The van der Waals surface area contributed by atoms with Crippen molar-refractivity contribution in [1.82, 2.24) is 0 Å². The second kappa shape index (κ2) is 6.65. The molecule has 0 spiro atoms. The molecule has 3 atom stereocenters. The second-order valence-corrected chi connectivity index (χ2v) is 6.55. The van der Waals surface area contributed by atoms with E-state index >= 15 is 0 Å². The number of benzene rings is 1. The van der Waals surface area contributed by atoms with Gasteiger partial charge in [0.1, 0.15) is 5.82 Å². The monoisotopic (exact) mass is 367 g/mol. The molecule has 1 aromatic carbocycles. The minimum atomic E-state index is -4.19. The molecule has 1 aromatic rings. The van der Waals surface area contributed by atoms with Crippen molar-refractivity contribution in [1.29, 1.82) is 0 Å². The van der Waals surface area contributed by atoms with E-state index in [-0.39, 0.29) is 12.2 Å². The third-order valence-electron chi connectivity index (χ3n) is 4.26. The van der Waals surface area contributed by atoms with Crippen molar-refractivity contribution < 1.29 is 17.6 Å². The van der Waals surface area contributed by atoms with E-state index in [1.807, 2.05) is 0 Å². The Labute approximate surface area is 130 Å². The average molecular weight is 368 g/mol. The lowest BCUT2D eigenvalue weighted by molar-refractivity contribution is -0.198. The summed E-state index contributed by atoms with van der Waals surface area (Å²) in [6.07, 6.45) is -1.82. The zero-order chi connectivity index (χ0) is 15.6. The first kappa shape index (κ1) is 16.7. The number of alkyl halides is 3. The molecule has 118 valence electrons. The molecule has 0 aromatic heterocycles. The molecule has 1 fully saturated rings. The van der Waals surface area contributed by atoms with Crippen LogP contribution in [0.25, 0.3) is 0 Å². The zero-order valence-electron chi connectivity index (χ0n) is 11.5. The SMILES string of the molecule is NC(Cc1ccc(F)cc1Br)C1CCCCC1C(F)(F)F. The Morgan fingerprint density at radius 2 is 1.90 bits per heavy atom. The Bertz CT molecular complexity index is 489. The molecular weight excluding hydrogens is 350 g/mol. The number of rotatable bonds is 3. The van der Waals surface area contributed by atoms with Gasteiger partial charge in [0.2, 0.25) is 0 Å². The second-order valence-electron chi connectivity index (χ2n) is 5.70. The summed E-state index contributed by atoms with van der Waals surface area (Å²) in [6.45, 7) is 0. The molecule has 1 saturated carbocycles. The van der Waals surface area contributed by atoms with Crippen LogP contribution in [0.1, 0.15) is 31.2 Å². The van der Waals surface area contributed by atoms with Gasteiger partial charge in [0.25, 0.3) is 0 Å². The summed E-state index contributed by atoms with van der Waals surface area (Å²) in [7, 11) is 0. The van der Waals surface area contributed by atoms with Crippen LogP contribution in [0.15, 0.2) is 22.7 Å². The largest absolute Gasteiger partial charge is 0.392 e. The zero-order valence-corrected chi connectivity index (χ0v) is 13.1. The first-order valence-electron chi connectivity index (χ1n) is 7.05. The fraction of sp³-hybridized carbons (Fsp3) is 0.600. The predicted octanol–water partition coefficient (Wildman–Crippen LogP) is 4.83. The van der Waals surface area contributed by atoms with Gasteiger partial charge < -0.3 is 5.73 Å². The van der Waals surface area contributed by atoms with E-state index in [0.29, 0.717) is 23.7 Å². The van der Waals surface area contributed by atoms with Crippen molar-refractivity contribution in [3.63, 3.8) is 0 Å². The molecule has 1 nitrogen and oxygen atoms in total. The maximum absolute atomic E-state index is 13.1. The van der Waals surface area contributed by atoms with Gasteiger partial charge in [-0.25, -0.2) is 4.39 Å². The maximum Gasteiger partial charge on any atom is 0.392 e. The highest BCUT2D eigenvalue weighted by Gasteiger charge is 2.47. The summed E-state index contributed by atoms with van der Waals surface area (Å²) in [4.78, 5) is 0. The van der Waals surface area contributed by atoms with Crippen LogP contribution < -0.4 is 5.73 Å². The van der Waals surface area contributed by atoms with Gasteiger partial charge in [0.05, 0.1) is 5.92 Å². The number of halogens is 5. The normalized spacial score (nSPS) is 24.9. The Morgan fingerprint density at radius 1 is 1.24 bits per heavy atom. The number of nitrogens with two attached hydrogens (primary N) is 1. The lowest BCUT2D eigenvalue weighted by Gasteiger charge is -2.36. The molecule has 6 heteroatoms. The Hall–Kier alpha value is -0.620. The molecule has 0 heterocycles. The smallest absolute Gasteiger partial charge is 0.327 e. The molecule has 2 N–H and O–H groups in total. The molecule has 21 heavy (non-hydrogen) atoms. The van der Waals surface area contributed by atoms with Crippen LogP contribution in [0.4, 0.5) is 17.6 Å². The van der Waals surface area contributed by atoms with Gasteiger partial charge in [-0.1, -0.05) is 34.8 Å². The predicted molar refractivity (Wildman–Crippen MR) is 77.3 cm³/mol. The molecule has 1 aliphatic rings. The quantitative estimate of drug-likeness (QED) is 0.761. The van der Waals surface area contributed by atoms with Gasteiger partial charge in [-0.15, -0.1) is 0 Å². The lowest BCUT2D eigenvalue weighted by Crippen LogP contribution is -2.44. The van der Waals surface area contributed by atoms with Crippen molar-refractivity contribution in [3.05, 3.63) is 34.1 Å². The van der Waals surface area contributed by atoms with Crippen LogP contribution in [0.5, 0.6) is 0 Å². The van der Waals surface area contributed by atoms with Crippen LogP contribution in [-0.4, -0.2) is 12.2 Å². The third kappa shape index (κ3) is 4.19. The van der Waals surface area contributed by atoms with Gasteiger partial charge in [0.15, 0.2) is 0 Å². The highest BCUT2D eigenvalue weighted by Crippen LogP contribution is 2.43. The lowest BCUT2D eigenvalue weighted by atomic mass is 9.73. The van der Waals surface area contributed by atoms with Crippen LogP contribution in [-0.2, 0) is 6.42 Å². The molecule has 1 aliphatic carbocycles. The molecule has 0 bridgehead atoms. The standard InChI is InChI=1S/C15H18BrF4N/c16-13-8-10(17)6-5-9(13)7-14(21)11-3-1-2-4-12(11)15(18,19)20/h5-6,8,11-12,14H,1-4,7,21H2. The fourth-order valence-electron chi connectivity index (χ4n) is 3.17. The fourth-order valence-corrected chi connectivity index (χ4v) is 3.68. The Kier molecular flexibility index (Phi) is 5.30. The highest BCUT2D eigenvalue weighted by atomic mass is 79.9. The molecule has 3 unspecified atom stereocenters. The van der Waals surface area contributed by atoms with E-state index in [2.05, 4.69) is 15.9 Å². The third-order valence-corrected chi connectivity index (χ3v) is 5.00. The number of hydrogen-bond acceptors (Lipinski definition) is 1.